The minimum Gasteiger partial charge on any atom is -0.492 e. The Hall–Kier alpha value is -3.78. The fourth-order valence-corrected chi connectivity index (χ4v) is 3.74. The predicted molar refractivity (Wildman–Crippen MR) is 133 cm³/mol. The molecule has 0 aliphatic carbocycles. The summed E-state index contributed by atoms with van der Waals surface area (Å²) in [5, 5.41) is 0.302. The Bertz CT molecular complexity index is 1350. The Morgan fingerprint density at radius 1 is 0.800 bits per heavy atom. The van der Waals surface area contributed by atoms with E-state index < -0.39 is 17.5 Å². The van der Waals surface area contributed by atoms with Crippen molar-refractivity contribution in [2.24, 2.45) is 0 Å². The van der Waals surface area contributed by atoms with E-state index in [1.54, 1.807) is 18.3 Å². The van der Waals surface area contributed by atoms with Gasteiger partial charge in [-0.05, 0) is 72.7 Å². The van der Waals surface area contributed by atoms with E-state index in [1.807, 2.05) is 36.4 Å². The van der Waals surface area contributed by atoms with Gasteiger partial charge in [-0.25, -0.2) is 13.2 Å². The Balaban J connectivity index is 1.34. The quantitative estimate of drug-likeness (QED) is 0.151. The molecular weight excluding hydrogens is 447 g/mol. The largest absolute Gasteiger partial charge is 0.492 e. The molecule has 0 saturated carbocycles. The second-order valence-corrected chi connectivity index (χ2v) is 8.41. The maximum atomic E-state index is 13.9. The molecular formula is C30H26F3NO. The van der Waals surface area contributed by atoms with Crippen molar-refractivity contribution in [3.05, 3.63) is 107 Å². The molecule has 0 amide bonds. The third kappa shape index (κ3) is 6.42. The van der Waals surface area contributed by atoms with Crippen molar-refractivity contribution < 1.29 is 17.9 Å². The first-order valence-electron chi connectivity index (χ1n) is 11.8. The van der Waals surface area contributed by atoms with Crippen molar-refractivity contribution in [2.45, 2.75) is 39.0 Å². The molecule has 0 radical (unpaired) electrons. The van der Waals surface area contributed by atoms with Crippen molar-refractivity contribution in [2.75, 3.05) is 6.61 Å². The van der Waals surface area contributed by atoms with Gasteiger partial charge in [-0.2, -0.15) is 0 Å². The van der Waals surface area contributed by atoms with Crippen LogP contribution in [0, 0.1) is 29.3 Å². The van der Waals surface area contributed by atoms with Gasteiger partial charge < -0.3 is 4.74 Å². The van der Waals surface area contributed by atoms with Crippen LogP contribution in [0.4, 0.5) is 13.2 Å². The number of hydrogen-bond donors (Lipinski definition) is 0. The van der Waals surface area contributed by atoms with Crippen LogP contribution in [0.25, 0.3) is 10.8 Å². The van der Waals surface area contributed by atoms with E-state index in [-0.39, 0.29) is 10.8 Å². The maximum Gasteiger partial charge on any atom is 0.195 e. The molecule has 0 spiro atoms. The van der Waals surface area contributed by atoms with Crippen LogP contribution < -0.4 is 4.74 Å². The second-order valence-electron chi connectivity index (χ2n) is 8.41. The first-order valence-corrected chi connectivity index (χ1v) is 11.8. The molecule has 0 aliphatic heterocycles. The van der Waals surface area contributed by atoms with Gasteiger partial charge in [0.05, 0.1) is 12.8 Å². The molecule has 5 heteroatoms. The van der Waals surface area contributed by atoms with Gasteiger partial charge >= 0.3 is 0 Å². The van der Waals surface area contributed by atoms with Crippen molar-refractivity contribution in [1.29, 1.82) is 0 Å². The lowest BCUT2D eigenvalue weighted by Gasteiger charge is -2.06. The zero-order valence-corrected chi connectivity index (χ0v) is 19.6. The van der Waals surface area contributed by atoms with Gasteiger partial charge in [0.1, 0.15) is 5.75 Å². The summed E-state index contributed by atoms with van der Waals surface area (Å²) in [6.45, 7) is 2.89. The number of pyridine rings is 1. The minimum atomic E-state index is -1.46. The fraction of sp³-hybridized carbons (Fsp3) is 0.233. The van der Waals surface area contributed by atoms with Crippen LogP contribution in [0.1, 0.15) is 48.6 Å². The number of halogens is 3. The van der Waals surface area contributed by atoms with Crippen molar-refractivity contribution in [3.8, 4) is 17.6 Å². The summed E-state index contributed by atoms with van der Waals surface area (Å²) in [6, 6.07) is 17.5. The van der Waals surface area contributed by atoms with Crippen molar-refractivity contribution >= 4 is 10.8 Å². The van der Waals surface area contributed by atoms with Gasteiger partial charge in [-0.1, -0.05) is 49.8 Å². The topological polar surface area (TPSA) is 22.1 Å². The summed E-state index contributed by atoms with van der Waals surface area (Å²) >= 11 is 0. The van der Waals surface area contributed by atoms with E-state index in [0.717, 1.165) is 48.9 Å². The SMILES string of the molecule is CCCCCOc1ccc(CCc2ccc(C#Cc3ccc4c(F)c(F)c(F)cc4c3)cc2)nc1. The van der Waals surface area contributed by atoms with Gasteiger partial charge in [0.2, 0.25) is 0 Å². The smallest absolute Gasteiger partial charge is 0.195 e. The van der Waals surface area contributed by atoms with Gasteiger partial charge in [-0.15, -0.1) is 0 Å². The third-order valence-corrected chi connectivity index (χ3v) is 5.76. The predicted octanol–water partition coefficient (Wildman–Crippen LogP) is 7.41. The van der Waals surface area contributed by atoms with Crippen LogP contribution in [0.15, 0.2) is 66.9 Å². The third-order valence-electron chi connectivity index (χ3n) is 5.76. The van der Waals surface area contributed by atoms with E-state index in [4.69, 9.17) is 4.74 Å². The lowest BCUT2D eigenvalue weighted by atomic mass is 10.0. The molecule has 2 nitrogen and oxygen atoms in total. The number of aromatic nitrogens is 1. The van der Waals surface area contributed by atoms with Crippen LogP contribution in [-0.2, 0) is 12.8 Å². The van der Waals surface area contributed by atoms with E-state index in [1.165, 1.54) is 24.5 Å². The van der Waals surface area contributed by atoms with Crippen LogP contribution in [0.5, 0.6) is 5.75 Å². The zero-order valence-electron chi connectivity index (χ0n) is 19.6. The van der Waals surface area contributed by atoms with E-state index in [2.05, 4.69) is 23.7 Å². The van der Waals surface area contributed by atoms with Crippen molar-refractivity contribution in [1.82, 2.24) is 4.98 Å². The molecule has 3 aromatic carbocycles. The molecule has 0 fully saturated rings. The Kier molecular flexibility index (Phi) is 8.05. The molecule has 0 N–H and O–H groups in total. The lowest BCUT2D eigenvalue weighted by molar-refractivity contribution is 0.305. The minimum absolute atomic E-state index is 0.0300. The number of aryl methyl sites for hydroxylation is 2. The highest BCUT2D eigenvalue weighted by atomic mass is 19.2. The highest BCUT2D eigenvalue weighted by Gasteiger charge is 2.13. The van der Waals surface area contributed by atoms with Gasteiger partial charge in [0, 0.05) is 22.2 Å². The van der Waals surface area contributed by atoms with E-state index in [9.17, 15) is 13.2 Å². The summed E-state index contributed by atoms with van der Waals surface area (Å²) in [5.41, 5.74) is 3.61. The number of fused-ring (bicyclic) bond motifs is 1. The molecule has 0 unspecified atom stereocenters. The molecule has 4 rings (SSSR count). The molecule has 0 saturated heterocycles. The summed E-state index contributed by atoms with van der Waals surface area (Å²) in [7, 11) is 0. The van der Waals surface area contributed by atoms with Crippen LogP contribution in [-0.4, -0.2) is 11.6 Å². The molecule has 178 valence electrons. The Labute approximate surface area is 203 Å². The number of rotatable bonds is 8. The Morgan fingerprint density at radius 2 is 1.57 bits per heavy atom. The van der Waals surface area contributed by atoms with Crippen molar-refractivity contribution in [3.63, 3.8) is 0 Å². The van der Waals surface area contributed by atoms with Gasteiger partial charge in [0.15, 0.2) is 17.5 Å². The van der Waals surface area contributed by atoms with Gasteiger partial charge in [-0.3, -0.25) is 4.98 Å². The molecule has 4 aromatic rings. The summed E-state index contributed by atoms with van der Waals surface area (Å²) in [6.07, 6.45) is 6.87. The normalized spacial score (nSPS) is 10.7. The summed E-state index contributed by atoms with van der Waals surface area (Å²) < 4.78 is 46.5. The van der Waals surface area contributed by atoms with E-state index >= 15 is 0 Å². The number of nitrogens with zero attached hydrogens (tertiary/aromatic N) is 1. The number of benzene rings is 3. The van der Waals surface area contributed by atoms with Gasteiger partial charge in [0.25, 0.3) is 0 Å². The van der Waals surface area contributed by atoms with Crippen LogP contribution in [0.3, 0.4) is 0 Å². The first-order chi connectivity index (χ1) is 17.0. The summed E-state index contributed by atoms with van der Waals surface area (Å²) in [5.74, 6) is 3.01. The van der Waals surface area contributed by atoms with E-state index in [0.29, 0.717) is 5.56 Å². The molecule has 0 bridgehead atoms. The second kappa shape index (κ2) is 11.6. The zero-order chi connectivity index (χ0) is 24.6. The molecule has 1 heterocycles. The number of ether oxygens (including phenoxy) is 1. The molecule has 0 aliphatic rings. The lowest BCUT2D eigenvalue weighted by Crippen LogP contribution is -1.99. The highest BCUT2D eigenvalue weighted by molar-refractivity contribution is 5.84. The monoisotopic (exact) mass is 473 g/mol. The van der Waals surface area contributed by atoms with Crippen LogP contribution in [0.2, 0.25) is 0 Å². The number of unbranched alkanes of at least 4 members (excludes halogenated alkanes) is 2. The average Bonchev–Trinajstić information content (AvgIpc) is 2.88. The molecule has 35 heavy (non-hydrogen) atoms. The van der Waals surface area contributed by atoms with Crippen LogP contribution >= 0.6 is 0 Å². The first kappa shape index (κ1) is 24.3. The fourth-order valence-electron chi connectivity index (χ4n) is 3.74. The Morgan fingerprint density at radius 3 is 2.31 bits per heavy atom. The summed E-state index contributed by atoms with van der Waals surface area (Å²) in [4.78, 5) is 4.50. The highest BCUT2D eigenvalue weighted by Crippen LogP contribution is 2.24. The average molecular weight is 474 g/mol. The molecule has 0 atom stereocenters. The maximum absolute atomic E-state index is 13.9. The molecule has 1 aromatic heterocycles. The number of hydrogen-bond acceptors (Lipinski definition) is 2. The standard InChI is InChI=1S/C30H26F3NO/c1-2-3-4-17-35-26-15-14-25(34-20-26)13-11-22-7-5-21(6-8-22)9-10-23-12-16-27-24(18-23)19-28(31)30(33)29(27)32/h5-8,12,14-16,18-20H,2-4,11,13,17H2,1H3.